The number of hydrogen-bond donors (Lipinski definition) is 0. The molecule has 0 bridgehead atoms. The van der Waals surface area contributed by atoms with Crippen molar-refractivity contribution >= 4 is 28.5 Å². The number of methoxy groups -OCH3 is 1. The summed E-state index contributed by atoms with van der Waals surface area (Å²) >= 11 is 6.11. The third kappa shape index (κ3) is 2.84. The van der Waals surface area contributed by atoms with Gasteiger partial charge in [0.1, 0.15) is 0 Å². The van der Waals surface area contributed by atoms with Gasteiger partial charge in [0.25, 0.3) is 5.91 Å². The van der Waals surface area contributed by atoms with Crippen molar-refractivity contribution in [3.8, 4) is 0 Å². The van der Waals surface area contributed by atoms with Crippen molar-refractivity contribution in [1.29, 1.82) is 0 Å². The molecule has 1 aliphatic rings. The molecule has 22 heavy (non-hydrogen) atoms. The molecule has 0 aliphatic carbocycles. The minimum absolute atomic E-state index is 0.0457. The number of halogens is 1. The summed E-state index contributed by atoms with van der Waals surface area (Å²) in [6.45, 7) is 2.27. The number of ether oxygens (including phenoxy) is 2. The molecule has 1 amide bonds. The molecule has 2 heterocycles. The number of carbonyl (C=O) groups excluding carboxylic acids is 1. The lowest BCUT2D eigenvalue weighted by Gasteiger charge is -2.28. The van der Waals surface area contributed by atoms with Crippen LogP contribution in [0.3, 0.4) is 0 Å². The van der Waals surface area contributed by atoms with Crippen LogP contribution >= 0.6 is 11.6 Å². The van der Waals surface area contributed by atoms with Gasteiger partial charge in [-0.25, -0.2) is 0 Å². The smallest absolute Gasteiger partial charge is 0.255 e. The second-order valence-electron chi connectivity index (χ2n) is 5.27. The van der Waals surface area contributed by atoms with E-state index in [-0.39, 0.29) is 11.9 Å². The van der Waals surface area contributed by atoms with Gasteiger partial charge in [0.05, 0.1) is 36.1 Å². The Morgan fingerprint density at radius 2 is 2.32 bits per heavy atom. The Hall–Kier alpha value is -1.56. The number of hydrogen-bond acceptors (Lipinski definition) is 4. The Morgan fingerprint density at radius 1 is 1.45 bits per heavy atom. The fourth-order valence-electron chi connectivity index (χ4n) is 2.78. The van der Waals surface area contributed by atoms with E-state index in [0.717, 1.165) is 11.8 Å². The highest BCUT2D eigenvalue weighted by molar-refractivity contribution is 6.35. The summed E-state index contributed by atoms with van der Waals surface area (Å²) in [6, 6.07) is 5.30. The fourth-order valence-corrected chi connectivity index (χ4v) is 2.99. The zero-order chi connectivity index (χ0) is 15.5. The predicted octanol–water partition coefficient (Wildman–Crippen LogP) is 2.96. The second-order valence-corrected chi connectivity index (χ2v) is 5.67. The molecule has 1 unspecified atom stereocenters. The average Bonchev–Trinajstić information content (AvgIpc) is 3.19. The normalized spacial score (nSPS) is 18.0. The molecule has 1 aliphatic heterocycles. The standard InChI is InChI=1S/C16H18ClNO4/c1-20-9-6-18(11-4-7-21-10-11)16(19)13-2-3-14(17)15-12(13)5-8-22-15/h2-3,5,8,11H,4,6-7,9-10H2,1H3. The molecule has 1 aromatic heterocycles. The van der Waals surface area contributed by atoms with Crippen LogP contribution in [-0.4, -0.2) is 50.3 Å². The van der Waals surface area contributed by atoms with Crippen molar-refractivity contribution in [1.82, 2.24) is 4.90 Å². The van der Waals surface area contributed by atoms with Gasteiger partial charge in [-0.3, -0.25) is 4.79 Å². The molecule has 118 valence electrons. The Morgan fingerprint density at radius 3 is 3.05 bits per heavy atom. The summed E-state index contributed by atoms with van der Waals surface area (Å²) in [5, 5.41) is 1.24. The SMILES string of the molecule is COCCN(C(=O)c1ccc(Cl)c2occc12)C1CCOC1. The van der Waals surface area contributed by atoms with Crippen molar-refractivity contribution in [2.75, 3.05) is 33.5 Å². The highest BCUT2D eigenvalue weighted by atomic mass is 35.5. The van der Waals surface area contributed by atoms with Gasteiger partial charge in [0.2, 0.25) is 0 Å². The van der Waals surface area contributed by atoms with Crippen LogP contribution in [-0.2, 0) is 9.47 Å². The molecule has 2 aromatic rings. The van der Waals surface area contributed by atoms with Crippen molar-refractivity contribution in [2.45, 2.75) is 12.5 Å². The van der Waals surface area contributed by atoms with Gasteiger partial charge >= 0.3 is 0 Å². The number of carbonyl (C=O) groups is 1. The van der Waals surface area contributed by atoms with Crippen LogP contribution in [0.4, 0.5) is 0 Å². The predicted molar refractivity (Wildman–Crippen MR) is 83.4 cm³/mol. The van der Waals surface area contributed by atoms with E-state index in [0.29, 0.717) is 42.5 Å². The van der Waals surface area contributed by atoms with Gasteiger partial charge in [0, 0.05) is 25.6 Å². The minimum Gasteiger partial charge on any atom is -0.463 e. The van der Waals surface area contributed by atoms with E-state index >= 15 is 0 Å². The maximum atomic E-state index is 13.0. The van der Waals surface area contributed by atoms with Crippen LogP contribution in [0.1, 0.15) is 16.8 Å². The number of furan rings is 1. The van der Waals surface area contributed by atoms with Crippen molar-refractivity contribution in [3.05, 3.63) is 35.0 Å². The van der Waals surface area contributed by atoms with Gasteiger partial charge in [0.15, 0.2) is 5.58 Å². The minimum atomic E-state index is -0.0457. The van der Waals surface area contributed by atoms with E-state index in [9.17, 15) is 4.79 Å². The molecule has 1 atom stereocenters. The third-order valence-electron chi connectivity index (χ3n) is 3.94. The first-order chi connectivity index (χ1) is 10.7. The van der Waals surface area contributed by atoms with E-state index in [2.05, 4.69) is 0 Å². The Kier molecular flexibility index (Phi) is 4.66. The molecular weight excluding hydrogens is 306 g/mol. The number of amides is 1. The molecule has 1 aromatic carbocycles. The van der Waals surface area contributed by atoms with Crippen LogP contribution in [0, 0.1) is 0 Å². The van der Waals surface area contributed by atoms with Gasteiger partial charge < -0.3 is 18.8 Å². The van der Waals surface area contributed by atoms with E-state index in [1.807, 2.05) is 4.90 Å². The highest BCUT2D eigenvalue weighted by Gasteiger charge is 2.29. The highest BCUT2D eigenvalue weighted by Crippen LogP contribution is 2.29. The number of rotatable bonds is 5. The summed E-state index contributed by atoms with van der Waals surface area (Å²) < 4.78 is 15.9. The van der Waals surface area contributed by atoms with Crippen LogP contribution in [0.15, 0.2) is 28.9 Å². The molecular formula is C16H18ClNO4. The fraction of sp³-hybridized carbons (Fsp3) is 0.438. The van der Waals surface area contributed by atoms with E-state index in [1.165, 1.54) is 0 Å². The third-order valence-corrected chi connectivity index (χ3v) is 4.24. The zero-order valence-electron chi connectivity index (χ0n) is 12.4. The van der Waals surface area contributed by atoms with E-state index in [4.69, 9.17) is 25.5 Å². The largest absolute Gasteiger partial charge is 0.463 e. The quantitative estimate of drug-likeness (QED) is 0.849. The van der Waals surface area contributed by atoms with Gasteiger partial charge in [-0.1, -0.05) is 11.6 Å². The van der Waals surface area contributed by atoms with Crippen molar-refractivity contribution < 1.29 is 18.7 Å². The van der Waals surface area contributed by atoms with E-state index in [1.54, 1.807) is 31.6 Å². The molecule has 6 heteroatoms. The first-order valence-corrected chi connectivity index (χ1v) is 7.63. The van der Waals surface area contributed by atoms with E-state index < -0.39 is 0 Å². The topological polar surface area (TPSA) is 51.9 Å². The van der Waals surface area contributed by atoms with Gasteiger partial charge in [-0.2, -0.15) is 0 Å². The number of benzene rings is 1. The molecule has 1 saturated heterocycles. The maximum Gasteiger partial charge on any atom is 0.255 e. The lowest BCUT2D eigenvalue weighted by atomic mass is 10.1. The average molecular weight is 324 g/mol. The molecule has 0 saturated carbocycles. The molecule has 0 spiro atoms. The Balaban J connectivity index is 1.94. The van der Waals surface area contributed by atoms with Gasteiger partial charge in [-0.15, -0.1) is 0 Å². The first-order valence-electron chi connectivity index (χ1n) is 7.25. The maximum absolute atomic E-state index is 13.0. The van der Waals surface area contributed by atoms with Crippen molar-refractivity contribution in [3.63, 3.8) is 0 Å². The van der Waals surface area contributed by atoms with Crippen LogP contribution in [0.2, 0.25) is 5.02 Å². The van der Waals surface area contributed by atoms with Gasteiger partial charge in [-0.05, 0) is 24.6 Å². The van der Waals surface area contributed by atoms with Crippen LogP contribution < -0.4 is 0 Å². The molecule has 0 N–H and O–H groups in total. The second kappa shape index (κ2) is 6.69. The molecule has 3 rings (SSSR count). The monoisotopic (exact) mass is 323 g/mol. The van der Waals surface area contributed by atoms with Crippen molar-refractivity contribution in [2.24, 2.45) is 0 Å². The summed E-state index contributed by atoms with van der Waals surface area (Å²) in [7, 11) is 1.63. The summed E-state index contributed by atoms with van der Waals surface area (Å²) in [5.74, 6) is -0.0457. The molecule has 0 radical (unpaired) electrons. The first kappa shape index (κ1) is 15.3. The molecule has 5 nitrogen and oxygen atoms in total. The summed E-state index contributed by atoms with van der Waals surface area (Å²) in [5.41, 5.74) is 1.14. The molecule has 1 fully saturated rings. The van der Waals surface area contributed by atoms with Crippen LogP contribution in [0.25, 0.3) is 11.0 Å². The summed E-state index contributed by atoms with van der Waals surface area (Å²) in [6.07, 6.45) is 2.39. The zero-order valence-corrected chi connectivity index (χ0v) is 13.1. The number of fused-ring (bicyclic) bond motifs is 1. The lowest BCUT2D eigenvalue weighted by molar-refractivity contribution is 0.0578. The van der Waals surface area contributed by atoms with Crippen LogP contribution in [0.5, 0.6) is 0 Å². The Bertz CT molecular complexity index is 663. The summed E-state index contributed by atoms with van der Waals surface area (Å²) in [4.78, 5) is 14.8. The lowest BCUT2D eigenvalue weighted by Crippen LogP contribution is -2.42. The Labute approximate surface area is 133 Å². The number of nitrogens with zero attached hydrogens (tertiary/aromatic N) is 1.